The van der Waals surface area contributed by atoms with Crippen molar-refractivity contribution in [3.8, 4) is 44.5 Å². The van der Waals surface area contributed by atoms with Gasteiger partial charge in [0.1, 0.15) is 12.6 Å². The van der Waals surface area contributed by atoms with E-state index in [0.29, 0.717) is 11.1 Å². The number of hydrogen-bond donors (Lipinski definition) is 2. The van der Waals surface area contributed by atoms with Gasteiger partial charge < -0.3 is 9.97 Å². The standard InChI is InChI=1S/C62H62N4O2/c1-59(2,3)43-29-41(30-44(33-43)60(4,5)6)57-51-25-23-49(64-51)55(39-17-13-37(35-67)14-18-39)47-21-22-48(63-47)56(40-19-15-38(36-68)16-20-40)50-24-26-52(65-50)58(54-28-27-53(57)66-54)42-31-45(61(7,8)9)34-46(32-42)62(10,11)12/h13-36,64-65H,1-12H3. The number of nitrogens with one attached hydrogen (secondary N) is 2. The quantitative estimate of drug-likeness (QED) is 0.163. The molecule has 3 aromatic heterocycles. The van der Waals surface area contributed by atoms with E-state index in [1.807, 2.05) is 48.5 Å². The first-order chi connectivity index (χ1) is 32.1. The molecule has 6 nitrogen and oxygen atoms in total. The Kier molecular flexibility index (Phi) is 11.4. The van der Waals surface area contributed by atoms with Crippen LogP contribution in [0.5, 0.6) is 0 Å². The second kappa shape index (κ2) is 16.9. The Morgan fingerprint density at radius 2 is 0.588 bits per heavy atom. The van der Waals surface area contributed by atoms with E-state index >= 15 is 0 Å². The summed E-state index contributed by atoms with van der Waals surface area (Å²) in [4.78, 5) is 42.7. The predicted octanol–water partition coefficient (Wildman–Crippen LogP) is 16.1. The Bertz CT molecular complexity index is 3100. The summed E-state index contributed by atoms with van der Waals surface area (Å²) >= 11 is 0. The van der Waals surface area contributed by atoms with E-state index in [4.69, 9.17) is 9.97 Å². The van der Waals surface area contributed by atoms with Crippen molar-refractivity contribution in [2.45, 2.75) is 105 Å². The fourth-order valence-electron chi connectivity index (χ4n) is 9.15. The topological polar surface area (TPSA) is 91.5 Å². The molecule has 0 atom stereocenters. The maximum absolute atomic E-state index is 11.9. The number of benzene rings is 4. The summed E-state index contributed by atoms with van der Waals surface area (Å²) in [6, 6.07) is 38.0. The van der Waals surface area contributed by atoms with E-state index in [0.717, 1.165) is 102 Å². The van der Waals surface area contributed by atoms with Crippen molar-refractivity contribution in [3.05, 3.63) is 165 Å². The van der Waals surface area contributed by atoms with Crippen LogP contribution in [0.1, 0.15) is 149 Å². The van der Waals surface area contributed by atoms with Gasteiger partial charge in [-0.2, -0.15) is 0 Å². The maximum Gasteiger partial charge on any atom is 0.150 e. The number of carbonyl (C=O) groups excluding carboxylic acids is 2. The normalized spacial score (nSPS) is 13.0. The summed E-state index contributed by atoms with van der Waals surface area (Å²) < 4.78 is 0. The van der Waals surface area contributed by atoms with E-state index in [2.05, 4.69) is 178 Å². The van der Waals surface area contributed by atoms with Crippen LogP contribution >= 0.6 is 0 Å². The molecule has 0 saturated heterocycles. The molecule has 0 unspecified atom stereocenters. The van der Waals surface area contributed by atoms with Crippen LogP contribution in [0.4, 0.5) is 0 Å². The average Bonchev–Trinajstić information content (AvgIpc) is 4.14. The molecule has 0 spiro atoms. The van der Waals surface area contributed by atoms with Crippen molar-refractivity contribution in [1.29, 1.82) is 0 Å². The van der Waals surface area contributed by atoms with Crippen LogP contribution < -0.4 is 0 Å². The van der Waals surface area contributed by atoms with Gasteiger partial charge in [0.2, 0.25) is 0 Å². The van der Waals surface area contributed by atoms with Crippen LogP contribution in [0.2, 0.25) is 0 Å². The fourth-order valence-corrected chi connectivity index (χ4v) is 9.15. The molecule has 0 fully saturated rings. The number of aromatic nitrogens is 4. The van der Waals surface area contributed by atoms with E-state index in [1.54, 1.807) is 0 Å². The van der Waals surface area contributed by atoms with Gasteiger partial charge >= 0.3 is 0 Å². The number of hydrogen-bond acceptors (Lipinski definition) is 4. The highest BCUT2D eigenvalue weighted by molar-refractivity contribution is 6.00. The third kappa shape index (κ3) is 8.88. The van der Waals surface area contributed by atoms with Gasteiger partial charge in [-0.1, -0.05) is 168 Å². The lowest BCUT2D eigenvalue weighted by Gasteiger charge is -2.26. The van der Waals surface area contributed by atoms with E-state index in [9.17, 15) is 9.59 Å². The lowest BCUT2D eigenvalue weighted by Crippen LogP contribution is -2.16. The van der Waals surface area contributed by atoms with Crippen molar-refractivity contribution in [3.63, 3.8) is 0 Å². The fraction of sp³-hybridized carbons (Fsp3) is 0.258. The van der Waals surface area contributed by atoms with Crippen LogP contribution in [0.15, 0.2) is 109 Å². The number of nitrogens with zero attached hydrogens (tertiary/aromatic N) is 2. The van der Waals surface area contributed by atoms with E-state index in [-0.39, 0.29) is 21.7 Å². The molecule has 2 aliphatic rings. The predicted molar refractivity (Wildman–Crippen MR) is 286 cm³/mol. The van der Waals surface area contributed by atoms with Crippen molar-refractivity contribution in [1.82, 2.24) is 19.9 Å². The molecule has 68 heavy (non-hydrogen) atoms. The van der Waals surface area contributed by atoms with Crippen LogP contribution in [0.3, 0.4) is 0 Å². The number of carbonyl (C=O) groups is 2. The Labute approximate surface area is 401 Å². The zero-order valence-corrected chi connectivity index (χ0v) is 41.6. The van der Waals surface area contributed by atoms with Crippen molar-refractivity contribution < 1.29 is 9.59 Å². The Hall–Kier alpha value is -7.18. The summed E-state index contributed by atoms with van der Waals surface area (Å²) in [6.45, 7) is 27.3. The smallest absolute Gasteiger partial charge is 0.150 e. The van der Waals surface area contributed by atoms with Gasteiger partial charge in [0.25, 0.3) is 0 Å². The lowest BCUT2D eigenvalue weighted by atomic mass is 9.78. The Balaban J connectivity index is 1.50. The molecule has 0 saturated carbocycles. The third-order valence-electron chi connectivity index (χ3n) is 13.3. The minimum atomic E-state index is -0.113. The average molecular weight is 895 g/mol. The molecule has 4 aromatic carbocycles. The van der Waals surface area contributed by atoms with Gasteiger partial charge in [-0.05, 0) is 115 Å². The minimum Gasteiger partial charge on any atom is -0.354 e. The van der Waals surface area contributed by atoms with Crippen molar-refractivity contribution in [2.75, 3.05) is 0 Å². The molecule has 0 radical (unpaired) electrons. The SMILES string of the molecule is CC(C)(C)c1cc(-c2c3nc(c(-c4cc(C(C)(C)C)cc(C(C)(C)C)c4)c4ccc([nH]4)c(-c4ccc(C=O)cc4)c4nc(c(-c5ccc(C=O)cc5)c5ccc2[nH]5)C=C4)C=C3)cc(C(C)(C)C)c1. The zero-order valence-electron chi connectivity index (χ0n) is 41.6. The molecule has 6 heteroatoms. The molecule has 0 aliphatic carbocycles. The van der Waals surface area contributed by atoms with Gasteiger partial charge in [-0.25, -0.2) is 9.97 Å². The maximum atomic E-state index is 11.9. The minimum absolute atomic E-state index is 0.113. The van der Waals surface area contributed by atoms with Gasteiger partial charge in [0.05, 0.1) is 22.8 Å². The van der Waals surface area contributed by atoms with Crippen LogP contribution in [-0.2, 0) is 21.7 Å². The number of aromatic amines is 2. The van der Waals surface area contributed by atoms with Gasteiger partial charge in [-0.15, -0.1) is 0 Å². The second-order valence-electron chi connectivity index (χ2n) is 22.6. The van der Waals surface area contributed by atoms with Gasteiger partial charge in [0, 0.05) is 55.4 Å². The summed E-state index contributed by atoms with van der Waals surface area (Å²) in [7, 11) is 0. The highest BCUT2D eigenvalue weighted by Gasteiger charge is 2.26. The van der Waals surface area contributed by atoms with Crippen molar-refractivity contribution >= 4 is 58.9 Å². The highest BCUT2D eigenvalue weighted by atomic mass is 16.1. The summed E-state index contributed by atoms with van der Waals surface area (Å²) in [5, 5.41) is 0. The summed E-state index contributed by atoms with van der Waals surface area (Å²) in [6.07, 6.45) is 10.2. The summed E-state index contributed by atoms with van der Waals surface area (Å²) in [5.74, 6) is 0. The molecule has 2 aliphatic heterocycles. The van der Waals surface area contributed by atoms with Crippen LogP contribution in [0, 0.1) is 0 Å². The second-order valence-corrected chi connectivity index (χ2v) is 22.6. The van der Waals surface area contributed by atoms with Gasteiger partial charge in [0.15, 0.2) is 0 Å². The lowest BCUT2D eigenvalue weighted by molar-refractivity contribution is 0.111. The van der Waals surface area contributed by atoms with E-state index in [1.165, 1.54) is 22.3 Å². The van der Waals surface area contributed by atoms with E-state index < -0.39 is 0 Å². The molecule has 8 bridgehead atoms. The summed E-state index contributed by atoms with van der Waals surface area (Å²) in [5.41, 5.74) is 20.4. The largest absolute Gasteiger partial charge is 0.354 e. The molecule has 9 rings (SSSR count). The molecule has 0 amide bonds. The molecule has 7 aromatic rings. The Morgan fingerprint density at radius 3 is 0.824 bits per heavy atom. The van der Waals surface area contributed by atoms with Gasteiger partial charge in [-0.3, -0.25) is 9.59 Å². The molecular weight excluding hydrogens is 833 g/mol. The molecular formula is C62H62N4O2. The number of fused-ring (bicyclic) bond motifs is 8. The highest BCUT2D eigenvalue weighted by Crippen LogP contribution is 2.42. The Morgan fingerprint density at radius 1 is 0.338 bits per heavy atom. The number of aldehydes is 2. The van der Waals surface area contributed by atoms with Crippen LogP contribution in [0.25, 0.3) is 90.9 Å². The number of rotatable bonds is 6. The first-order valence-electron chi connectivity index (χ1n) is 23.7. The first kappa shape index (κ1) is 46.0. The first-order valence-corrected chi connectivity index (χ1v) is 23.7. The monoisotopic (exact) mass is 894 g/mol. The zero-order chi connectivity index (χ0) is 48.5. The van der Waals surface area contributed by atoms with Crippen LogP contribution in [-0.4, -0.2) is 32.5 Å². The molecule has 5 heterocycles. The molecule has 342 valence electrons. The third-order valence-corrected chi connectivity index (χ3v) is 13.3. The number of H-pyrrole nitrogens is 2. The van der Waals surface area contributed by atoms with Crippen molar-refractivity contribution in [2.24, 2.45) is 0 Å². The molecule has 2 N–H and O–H groups in total.